The molecular formula is C10H12BrN3O2. The van der Waals surface area contributed by atoms with Gasteiger partial charge >= 0.3 is 0 Å². The Morgan fingerprint density at radius 1 is 1.69 bits per heavy atom. The second kappa shape index (κ2) is 3.85. The first-order valence-corrected chi connectivity index (χ1v) is 6.18. The fourth-order valence-electron chi connectivity index (χ4n) is 2.31. The predicted molar refractivity (Wildman–Crippen MR) is 60.0 cm³/mol. The third-order valence-electron chi connectivity index (χ3n) is 3.38. The molecule has 1 aromatic rings. The molecule has 16 heavy (non-hydrogen) atoms. The predicted octanol–water partition coefficient (Wildman–Crippen LogP) is 0.871. The molecule has 6 heteroatoms. The molecule has 0 bridgehead atoms. The molecule has 0 saturated carbocycles. The van der Waals surface area contributed by atoms with Gasteiger partial charge in [0, 0.05) is 25.2 Å². The van der Waals surface area contributed by atoms with E-state index >= 15 is 0 Å². The maximum absolute atomic E-state index is 12.0. The van der Waals surface area contributed by atoms with Gasteiger partial charge in [-0.2, -0.15) is 0 Å². The average molecular weight is 286 g/mol. The third-order valence-corrected chi connectivity index (χ3v) is 3.75. The quantitative estimate of drug-likeness (QED) is 0.832. The topological polar surface area (TPSA) is 58.4 Å². The number of likely N-dealkylation sites (tertiary alicyclic amines) is 1. The maximum atomic E-state index is 12.0. The van der Waals surface area contributed by atoms with Crippen molar-refractivity contribution in [1.82, 2.24) is 15.4 Å². The van der Waals surface area contributed by atoms with Crippen molar-refractivity contribution in [1.29, 1.82) is 0 Å². The molecule has 0 aromatic carbocycles. The maximum Gasteiger partial charge on any atom is 0.292 e. The van der Waals surface area contributed by atoms with Crippen LogP contribution in [0.3, 0.4) is 0 Å². The molecule has 1 aromatic heterocycles. The lowest BCUT2D eigenvalue weighted by Crippen LogP contribution is -2.62. The Labute approximate surface area is 101 Å². The average Bonchev–Trinajstić information content (AvgIpc) is 2.66. The minimum Gasteiger partial charge on any atom is -0.350 e. The summed E-state index contributed by atoms with van der Waals surface area (Å²) in [6.07, 6.45) is 1.08. The van der Waals surface area contributed by atoms with Gasteiger partial charge in [-0.1, -0.05) is 5.16 Å². The van der Waals surface area contributed by atoms with Crippen LogP contribution in [0.1, 0.15) is 17.0 Å². The molecule has 2 atom stereocenters. The standard InChI is InChI=1S/C10H12BrN3O2/c11-9-3-8(16-13-9)10(15)14-2-1-6-4-12-7(6)5-14/h3,6-7,12H,1-2,4-5H2. The summed E-state index contributed by atoms with van der Waals surface area (Å²) >= 11 is 3.17. The van der Waals surface area contributed by atoms with Gasteiger partial charge < -0.3 is 14.7 Å². The number of nitrogens with one attached hydrogen (secondary N) is 1. The summed E-state index contributed by atoms with van der Waals surface area (Å²) in [7, 11) is 0. The highest BCUT2D eigenvalue weighted by molar-refractivity contribution is 9.10. The Kier molecular flexibility index (Phi) is 2.48. The molecule has 0 aliphatic carbocycles. The fraction of sp³-hybridized carbons (Fsp3) is 0.600. The van der Waals surface area contributed by atoms with Crippen LogP contribution < -0.4 is 5.32 Å². The highest BCUT2D eigenvalue weighted by Crippen LogP contribution is 2.25. The number of carbonyl (C=O) groups excluding carboxylic acids is 1. The van der Waals surface area contributed by atoms with E-state index in [4.69, 9.17) is 4.52 Å². The van der Waals surface area contributed by atoms with Crippen molar-refractivity contribution in [2.75, 3.05) is 19.6 Å². The van der Waals surface area contributed by atoms with Gasteiger partial charge in [-0.05, 0) is 34.8 Å². The van der Waals surface area contributed by atoms with Crippen molar-refractivity contribution in [2.45, 2.75) is 12.5 Å². The molecule has 2 aliphatic rings. The first kappa shape index (κ1) is 10.3. The van der Waals surface area contributed by atoms with E-state index in [1.54, 1.807) is 6.07 Å². The fourth-order valence-corrected chi connectivity index (χ4v) is 2.59. The van der Waals surface area contributed by atoms with E-state index in [0.29, 0.717) is 16.4 Å². The second-order valence-corrected chi connectivity index (χ2v) is 5.14. The van der Waals surface area contributed by atoms with Crippen LogP contribution in [-0.2, 0) is 0 Å². The molecule has 0 spiro atoms. The summed E-state index contributed by atoms with van der Waals surface area (Å²) in [6, 6.07) is 2.09. The molecule has 3 heterocycles. The number of fused-ring (bicyclic) bond motifs is 1. The number of aromatic nitrogens is 1. The van der Waals surface area contributed by atoms with Gasteiger partial charge in [0.2, 0.25) is 5.76 Å². The van der Waals surface area contributed by atoms with E-state index in [1.165, 1.54) is 0 Å². The van der Waals surface area contributed by atoms with Crippen LogP contribution in [0, 0.1) is 5.92 Å². The SMILES string of the molecule is O=C(c1cc(Br)no1)N1CCC2CNC2C1. The van der Waals surface area contributed by atoms with Gasteiger partial charge in [-0.3, -0.25) is 4.79 Å². The number of nitrogens with zero attached hydrogens (tertiary/aromatic N) is 2. The van der Waals surface area contributed by atoms with Gasteiger partial charge in [0.15, 0.2) is 0 Å². The number of hydrogen-bond acceptors (Lipinski definition) is 4. The van der Waals surface area contributed by atoms with Gasteiger partial charge in [-0.25, -0.2) is 0 Å². The second-order valence-electron chi connectivity index (χ2n) is 4.33. The molecule has 0 radical (unpaired) electrons. The van der Waals surface area contributed by atoms with E-state index in [2.05, 4.69) is 26.4 Å². The van der Waals surface area contributed by atoms with E-state index in [-0.39, 0.29) is 5.91 Å². The number of hydrogen-bond donors (Lipinski definition) is 1. The molecule has 1 amide bonds. The van der Waals surface area contributed by atoms with Crippen LogP contribution in [0.5, 0.6) is 0 Å². The Hall–Kier alpha value is -0.880. The highest BCUT2D eigenvalue weighted by atomic mass is 79.9. The molecule has 86 valence electrons. The molecule has 2 fully saturated rings. The van der Waals surface area contributed by atoms with Crippen LogP contribution >= 0.6 is 15.9 Å². The zero-order valence-electron chi connectivity index (χ0n) is 8.65. The van der Waals surface area contributed by atoms with E-state index in [1.807, 2.05) is 4.90 Å². The van der Waals surface area contributed by atoms with Gasteiger partial charge in [0.05, 0.1) is 0 Å². The Bertz CT molecular complexity index is 420. The lowest BCUT2D eigenvalue weighted by atomic mass is 9.85. The van der Waals surface area contributed by atoms with Crippen molar-refractivity contribution in [2.24, 2.45) is 5.92 Å². The number of halogens is 1. The number of rotatable bonds is 1. The Morgan fingerprint density at radius 2 is 2.56 bits per heavy atom. The molecular weight excluding hydrogens is 274 g/mol. The van der Waals surface area contributed by atoms with Crippen molar-refractivity contribution in [3.8, 4) is 0 Å². The van der Waals surface area contributed by atoms with Gasteiger partial charge in [-0.15, -0.1) is 0 Å². The smallest absolute Gasteiger partial charge is 0.292 e. The van der Waals surface area contributed by atoms with Crippen LogP contribution in [0.4, 0.5) is 0 Å². The lowest BCUT2D eigenvalue weighted by molar-refractivity contribution is 0.0482. The summed E-state index contributed by atoms with van der Waals surface area (Å²) in [6.45, 7) is 2.70. The Balaban J connectivity index is 1.71. The summed E-state index contributed by atoms with van der Waals surface area (Å²) < 4.78 is 5.51. The molecule has 2 aliphatic heterocycles. The van der Waals surface area contributed by atoms with Crippen molar-refractivity contribution in [3.05, 3.63) is 16.4 Å². The highest BCUT2D eigenvalue weighted by Gasteiger charge is 2.37. The van der Waals surface area contributed by atoms with Crippen LogP contribution in [0.15, 0.2) is 15.2 Å². The van der Waals surface area contributed by atoms with Crippen LogP contribution in [0.2, 0.25) is 0 Å². The van der Waals surface area contributed by atoms with Crippen LogP contribution in [0.25, 0.3) is 0 Å². The summed E-state index contributed by atoms with van der Waals surface area (Å²) in [5.41, 5.74) is 0. The normalized spacial score (nSPS) is 28.4. The van der Waals surface area contributed by atoms with E-state index < -0.39 is 0 Å². The van der Waals surface area contributed by atoms with Crippen molar-refractivity contribution in [3.63, 3.8) is 0 Å². The zero-order chi connectivity index (χ0) is 11.1. The largest absolute Gasteiger partial charge is 0.350 e. The number of amides is 1. The monoisotopic (exact) mass is 285 g/mol. The molecule has 3 rings (SSSR count). The summed E-state index contributed by atoms with van der Waals surface area (Å²) in [5, 5.41) is 7.00. The number of carbonyl (C=O) groups is 1. The van der Waals surface area contributed by atoms with E-state index in [9.17, 15) is 4.79 Å². The molecule has 2 unspecified atom stereocenters. The van der Waals surface area contributed by atoms with Gasteiger partial charge in [0.1, 0.15) is 4.60 Å². The minimum atomic E-state index is -0.0645. The number of piperidine rings is 1. The molecule has 1 N–H and O–H groups in total. The zero-order valence-corrected chi connectivity index (χ0v) is 10.2. The van der Waals surface area contributed by atoms with Crippen LogP contribution in [-0.4, -0.2) is 41.6 Å². The molecule has 2 saturated heterocycles. The minimum absolute atomic E-state index is 0.0645. The third kappa shape index (κ3) is 1.66. The van der Waals surface area contributed by atoms with Crippen molar-refractivity contribution < 1.29 is 9.32 Å². The molecule has 5 nitrogen and oxygen atoms in total. The van der Waals surface area contributed by atoms with E-state index in [0.717, 1.165) is 32.0 Å². The summed E-state index contributed by atoms with van der Waals surface area (Å²) in [4.78, 5) is 13.9. The summed E-state index contributed by atoms with van der Waals surface area (Å²) in [5.74, 6) is 1.00. The van der Waals surface area contributed by atoms with Gasteiger partial charge in [0.25, 0.3) is 5.91 Å². The first-order chi connectivity index (χ1) is 7.74. The Morgan fingerprint density at radius 3 is 3.12 bits per heavy atom. The lowest BCUT2D eigenvalue weighted by Gasteiger charge is -2.45. The van der Waals surface area contributed by atoms with Crippen molar-refractivity contribution >= 4 is 21.8 Å². The first-order valence-electron chi connectivity index (χ1n) is 5.39.